The second-order valence-corrected chi connectivity index (χ2v) is 9.06. The lowest BCUT2D eigenvalue weighted by Crippen LogP contribution is -2.48. The maximum absolute atomic E-state index is 13.8. The molecule has 0 heterocycles. The van der Waals surface area contributed by atoms with Crippen molar-refractivity contribution in [2.45, 2.75) is 57.0 Å². The summed E-state index contributed by atoms with van der Waals surface area (Å²) >= 11 is 0. The average molecular weight is 546 g/mol. The molecule has 0 aliphatic carbocycles. The number of alkyl halides is 9. The third-order valence-electron chi connectivity index (χ3n) is 4.87. The fourth-order valence-electron chi connectivity index (χ4n) is 3.02. The summed E-state index contributed by atoms with van der Waals surface area (Å²) in [4.78, 5) is 11.7. The molecule has 14 heteroatoms. The van der Waals surface area contributed by atoms with Crippen LogP contribution in [-0.4, -0.2) is 29.5 Å². The summed E-state index contributed by atoms with van der Waals surface area (Å²) in [6.45, 7) is 3.45. The fraction of sp³-hybridized carbons (Fsp3) is 0.435. The summed E-state index contributed by atoms with van der Waals surface area (Å²) in [6.07, 6.45) is -17.2. The van der Waals surface area contributed by atoms with Gasteiger partial charge >= 0.3 is 24.6 Å². The smallest absolute Gasteiger partial charge is 0.423 e. The van der Waals surface area contributed by atoms with Crippen molar-refractivity contribution in [1.82, 2.24) is 5.32 Å². The minimum absolute atomic E-state index is 0.00780. The summed E-state index contributed by atoms with van der Waals surface area (Å²) in [6, 6.07) is 4.59. The van der Waals surface area contributed by atoms with Gasteiger partial charge in [-0.15, -0.1) is 0 Å². The van der Waals surface area contributed by atoms with E-state index in [1.54, 1.807) is 20.8 Å². The van der Waals surface area contributed by atoms with E-state index in [9.17, 15) is 49.4 Å². The molecule has 2 aromatic carbocycles. The van der Waals surface area contributed by atoms with Crippen LogP contribution < -0.4 is 10.6 Å². The monoisotopic (exact) mass is 546 g/mol. The van der Waals surface area contributed by atoms with Crippen LogP contribution in [0.15, 0.2) is 42.5 Å². The van der Waals surface area contributed by atoms with Crippen molar-refractivity contribution >= 4 is 11.8 Å². The topological polar surface area (TPSA) is 70.6 Å². The Morgan fingerprint density at radius 3 is 1.68 bits per heavy atom. The van der Waals surface area contributed by atoms with Crippen LogP contribution in [0.2, 0.25) is 0 Å². The van der Waals surface area contributed by atoms with Crippen LogP contribution in [0.4, 0.5) is 50.0 Å². The molecule has 0 bridgehead atoms. The lowest BCUT2D eigenvalue weighted by atomic mass is 9.89. The second-order valence-electron chi connectivity index (χ2n) is 9.06. The van der Waals surface area contributed by atoms with E-state index in [0.717, 1.165) is 0 Å². The van der Waals surface area contributed by atoms with E-state index in [1.807, 2.05) is 0 Å². The number of ether oxygens (including phenoxy) is 1. The molecule has 0 saturated carbocycles. The van der Waals surface area contributed by atoms with Gasteiger partial charge in [0.25, 0.3) is 0 Å². The SMILES string of the molecule is CC(C)(C)OC(=O)NCc1ccc(NC[C@@](O)(c2cc(C(F)(F)F)cc(C(F)(F)F)c2)C(F)(F)F)cc1. The zero-order valence-corrected chi connectivity index (χ0v) is 19.6. The van der Waals surface area contributed by atoms with Crippen LogP contribution >= 0.6 is 0 Å². The highest BCUT2D eigenvalue weighted by atomic mass is 19.4. The van der Waals surface area contributed by atoms with Crippen LogP contribution in [0.3, 0.4) is 0 Å². The van der Waals surface area contributed by atoms with Crippen molar-refractivity contribution in [2.75, 3.05) is 11.9 Å². The summed E-state index contributed by atoms with van der Waals surface area (Å²) in [5.74, 6) is 0. The molecular formula is C23H23F9N2O3. The third kappa shape index (κ3) is 8.17. The Labute approximate surface area is 205 Å². The van der Waals surface area contributed by atoms with Gasteiger partial charge in [0, 0.05) is 12.2 Å². The van der Waals surface area contributed by atoms with Crippen molar-refractivity contribution in [3.8, 4) is 0 Å². The Morgan fingerprint density at radius 2 is 1.27 bits per heavy atom. The minimum Gasteiger partial charge on any atom is -0.444 e. The second kappa shape index (κ2) is 10.3. The van der Waals surface area contributed by atoms with Gasteiger partial charge in [-0.25, -0.2) is 4.79 Å². The fourth-order valence-corrected chi connectivity index (χ4v) is 3.02. The Hall–Kier alpha value is -3.16. The standard InChI is InChI=1S/C23H23F9N2O3/c1-19(2,3)37-18(35)33-11-13-4-6-17(7-5-13)34-12-20(36,23(30,31)32)14-8-15(21(24,25)26)10-16(9-14)22(27,28)29/h4-10,34,36H,11-12H2,1-3H3,(H,33,35)/t20-/m1/s1. The predicted molar refractivity (Wildman–Crippen MR) is 114 cm³/mol. The van der Waals surface area contributed by atoms with Gasteiger partial charge in [0.1, 0.15) is 5.60 Å². The Balaban J connectivity index is 2.28. The first-order valence-electron chi connectivity index (χ1n) is 10.5. The number of nitrogens with one attached hydrogen (secondary N) is 2. The zero-order chi connectivity index (χ0) is 28.4. The number of carbonyl (C=O) groups excluding carboxylic acids is 1. The first-order valence-corrected chi connectivity index (χ1v) is 10.5. The van der Waals surface area contributed by atoms with Gasteiger partial charge < -0.3 is 20.5 Å². The molecule has 1 atom stereocenters. The van der Waals surface area contributed by atoms with Gasteiger partial charge in [-0.1, -0.05) is 12.1 Å². The van der Waals surface area contributed by atoms with Gasteiger partial charge in [0.2, 0.25) is 5.60 Å². The predicted octanol–water partition coefficient (Wildman–Crippen LogP) is 6.61. The molecular weight excluding hydrogens is 523 g/mol. The zero-order valence-electron chi connectivity index (χ0n) is 19.6. The highest BCUT2D eigenvalue weighted by molar-refractivity contribution is 5.67. The molecule has 206 valence electrons. The van der Waals surface area contributed by atoms with Crippen molar-refractivity contribution in [3.63, 3.8) is 0 Å². The van der Waals surface area contributed by atoms with E-state index in [2.05, 4.69) is 10.6 Å². The minimum atomic E-state index is -5.65. The first-order chi connectivity index (χ1) is 16.6. The maximum atomic E-state index is 13.8. The molecule has 0 unspecified atom stereocenters. The molecule has 0 aromatic heterocycles. The van der Waals surface area contributed by atoms with Crippen molar-refractivity contribution in [1.29, 1.82) is 0 Å². The molecule has 1 amide bonds. The number of aliphatic hydroxyl groups is 1. The molecule has 3 N–H and O–H groups in total. The van der Waals surface area contributed by atoms with E-state index in [4.69, 9.17) is 4.74 Å². The van der Waals surface area contributed by atoms with Gasteiger partial charge in [-0.2, -0.15) is 39.5 Å². The van der Waals surface area contributed by atoms with E-state index in [-0.39, 0.29) is 30.4 Å². The summed E-state index contributed by atoms with van der Waals surface area (Å²) in [5, 5.41) is 15.0. The maximum Gasteiger partial charge on any atom is 0.423 e. The van der Waals surface area contributed by atoms with Crippen LogP contribution in [0.1, 0.15) is 43.0 Å². The number of hydrogen-bond donors (Lipinski definition) is 3. The van der Waals surface area contributed by atoms with Crippen LogP contribution in [0.5, 0.6) is 0 Å². The highest BCUT2D eigenvalue weighted by Gasteiger charge is 2.56. The van der Waals surface area contributed by atoms with E-state index < -0.39 is 59.1 Å². The summed E-state index contributed by atoms with van der Waals surface area (Å²) in [7, 11) is 0. The van der Waals surface area contributed by atoms with Crippen molar-refractivity contribution < 1.29 is 54.2 Å². The molecule has 0 radical (unpaired) electrons. The average Bonchev–Trinajstić information content (AvgIpc) is 2.73. The highest BCUT2D eigenvalue weighted by Crippen LogP contribution is 2.44. The van der Waals surface area contributed by atoms with Gasteiger partial charge in [-0.3, -0.25) is 0 Å². The number of anilines is 1. The first kappa shape index (κ1) is 30.1. The van der Waals surface area contributed by atoms with Crippen LogP contribution in [-0.2, 0) is 29.2 Å². The molecule has 0 spiro atoms. The number of carbonyl (C=O) groups is 1. The number of alkyl carbamates (subject to hydrolysis) is 1. The summed E-state index contributed by atoms with van der Waals surface area (Å²) in [5.41, 5.74) is -10.0. The molecule has 2 rings (SSSR count). The van der Waals surface area contributed by atoms with Gasteiger partial charge in [0.05, 0.1) is 17.7 Å². The van der Waals surface area contributed by atoms with Crippen molar-refractivity contribution in [3.05, 3.63) is 64.7 Å². The summed E-state index contributed by atoms with van der Waals surface area (Å²) < 4.78 is 125. The van der Waals surface area contributed by atoms with Gasteiger partial charge in [0.15, 0.2) is 0 Å². The van der Waals surface area contributed by atoms with E-state index >= 15 is 0 Å². The van der Waals surface area contributed by atoms with Crippen LogP contribution in [0, 0.1) is 0 Å². The Morgan fingerprint density at radius 1 is 0.811 bits per heavy atom. The molecule has 37 heavy (non-hydrogen) atoms. The number of amides is 1. The molecule has 0 saturated heterocycles. The normalized spacial score (nSPS) is 14.6. The van der Waals surface area contributed by atoms with E-state index in [1.165, 1.54) is 24.3 Å². The molecule has 0 aliphatic rings. The molecule has 0 fully saturated rings. The Bertz CT molecular complexity index is 1060. The van der Waals surface area contributed by atoms with Crippen LogP contribution in [0.25, 0.3) is 0 Å². The van der Waals surface area contributed by atoms with E-state index in [0.29, 0.717) is 5.56 Å². The van der Waals surface area contributed by atoms with Crippen molar-refractivity contribution in [2.24, 2.45) is 0 Å². The molecule has 0 aliphatic heterocycles. The molecule has 5 nitrogen and oxygen atoms in total. The number of halogens is 9. The Kier molecular flexibility index (Phi) is 8.37. The number of benzene rings is 2. The molecule has 2 aromatic rings. The van der Waals surface area contributed by atoms with Gasteiger partial charge in [-0.05, 0) is 62.2 Å². The lowest BCUT2D eigenvalue weighted by molar-refractivity contribution is -0.261. The lowest BCUT2D eigenvalue weighted by Gasteiger charge is -2.32. The number of hydrogen-bond acceptors (Lipinski definition) is 4. The third-order valence-corrected chi connectivity index (χ3v) is 4.87. The largest absolute Gasteiger partial charge is 0.444 e. The quantitative estimate of drug-likeness (QED) is 0.357. The number of rotatable bonds is 6.